The molecule has 0 saturated carbocycles. The summed E-state index contributed by atoms with van der Waals surface area (Å²) < 4.78 is 5.29. The van der Waals surface area contributed by atoms with Crippen LogP contribution in [0.5, 0.6) is 0 Å². The van der Waals surface area contributed by atoms with Gasteiger partial charge in [0.15, 0.2) is 0 Å². The second kappa shape index (κ2) is 5.18. The van der Waals surface area contributed by atoms with Crippen LogP contribution >= 0.6 is 0 Å². The molecule has 1 heterocycles. The number of likely N-dealkylation sites (tertiary alicyclic amines) is 1. The fourth-order valence-corrected chi connectivity index (χ4v) is 1.67. The van der Waals surface area contributed by atoms with Crippen LogP contribution in [-0.4, -0.2) is 42.1 Å². The molecule has 0 aromatic heterocycles. The molecule has 1 amide bonds. The predicted octanol–water partition coefficient (Wildman–Crippen LogP) is 1.58. The van der Waals surface area contributed by atoms with E-state index < -0.39 is 5.60 Å². The summed E-state index contributed by atoms with van der Waals surface area (Å²) in [6, 6.07) is 0.316. The Morgan fingerprint density at radius 1 is 1.44 bits per heavy atom. The second-order valence-corrected chi connectivity index (χ2v) is 5.05. The third kappa shape index (κ3) is 4.08. The zero-order valence-corrected chi connectivity index (χ0v) is 10.2. The normalized spacial score (nSPS) is 18.1. The van der Waals surface area contributed by atoms with E-state index in [2.05, 4.69) is 5.32 Å². The Morgan fingerprint density at radius 3 is 2.44 bits per heavy atom. The minimum Gasteiger partial charge on any atom is -0.444 e. The predicted molar refractivity (Wildman–Crippen MR) is 62.7 cm³/mol. The van der Waals surface area contributed by atoms with E-state index in [0.29, 0.717) is 19.1 Å². The zero-order valence-electron chi connectivity index (χ0n) is 10.2. The minimum absolute atomic E-state index is 0.235. The van der Waals surface area contributed by atoms with Gasteiger partial charge in [0, 0.05) is 19.1 Å². The van der Waals surface area contributed by atoms with Crippen LogP contribution < -0.4 is 5.32 Å². The largest absolute Gasteiger partial charge is 0.444 e. The molecule has 16 heavy (non-hydrogen) atoms. The van der Waals surface area contributed by atoms with Crippen LogP contribution in [0.2, 0.25) is 0 Å². The fraction of sp³-hybridized carbons (Fsp3) is 0.818. The van der Waals surface area contributed by atoms with E-state index >= 15 is 0 Å². The average molecular weight is 227 g/mol. The maximum atomic E-state index is 11.7. The van der Waals surface area contributed by atoms with Crippen LogP contribution in [0.3, 0.4) is 0 Å². The van der Waals surface area contributed by atoms with Crippen LogP contribution in [-0.2, 0) is 4.74 Å². The number of carbonyl (C=O) groups excluding carboxylic acids is 1. The summed E-state index contributed by atoms with van der Waals surface area (Å²) in [5.74, 6) is 0. The van der Waals surface area contributed by atoms with E-state index in [0.717, 1.165) is 12.8 Å². The first-order valence-corrected chi connectivity index (χ1v) is 5.65. The van der Waals surface area contributed by atoms with E-state index in [1.807, 2.05) is 20.8 Å². The van der Waals surface area contributed by atoms with Gasteiger partial charge in [-0.3, -0.25) is 5.41 Å². The molecular weight excluding hydrogens is 206 g/mol. The molecule has 0 aromatic rings. The molecule has 1 saturated heterocycles. The van der Waals surface area contributed by atoms with E-state index in [-0.39, 0.29) is 6.09 Å². The van der Waals surface area contributed by atoms with E-state index in [1.165, 1.54) is 6.34 Å². The smallest absolute Gasteiger partial charge is 0.410 e. The molecule has 0 spiro atoms. The molecule has 0 aromatic carbocycles. The summed E-state index contributed by atoms with van der Waals surface area (Å²) in [7, 11) is 0. The summed E-state index contributed by atoms with van der Waals surface area (Å²) in [6.45, 7) is 7.00. The fourth-order valence-electron chi connectivity index (χ4n) is 1.67. The van der Waals surface area contributed by atoms with Gasteiger partial charge in [-0.1, -0.05) is 0 Å². The number of piperidine rings is 1. The van der Waals surface area contributed by atoms with E-state index in [1.54, 1.807) is 4.90 Å². The van der Waals surface area contributed by atoms with Crippen LogP contribution in [0.1, 0.15) is 33.6 Å². The van der Waals surface area contributed by atoms with Crippen LogP contribution in [0.4, 0.5) is 4.79 Å². The number of nitrogens with zero attached hydrogens (tertiary/aromatic N) is 1. The highest BCUT2D eigenvalue weighted by Gasteiger charge is 2.26. The Kier molecular flexibility index (Phi) is 4.15. The van der Waals surface area contributed by atoms with Gasteiger partial charge in [0.25, 0.3) is 0 Å². The third-order valence-corrected chi connectivity index (χ3v) is 2.47. The molecule has 92 valence electrons. The molecule has 0 aliphatic carbocycles. The molecule has 0 unspecified atom stereocenters. The molecule has 1 aliphatic heterocycles. The van der Waals surface area contributed by atoms with Gasteiger partial charge in [-0.15, -0.1) is 0 Å². The van der Waals surface area contributed by atoms with Crippen molar-refractivity contribution >= 4 is 12.4 Å². The van der Waals surface area contributed by atoms with Crippen molar-refractivity contribution in [2.24, 2.45) is 0 Å². The standard InChI is InChI=1S/C11H21N3O2/c1-11(2,3)16-10(15)14-6-4-9(5-7-14)13-8-12/h8-9H,4-7H2,1-3H3,(H2,12,13). The van der Waals surface area contributed by atoms with Crippen molar-refractivity contribution in [2.45, 2.75) is 45.3 Å². The Balaban J connectivity index is 2.36. The number of nitrogens with one attached hydrogen (secondary N) is 2. The van der Waals surface area contributed by atoms with Crippen molar-refractivity contribution in [1.29, 1.82) is 5.41 Å². The summed E-state index contributed by atoms with van der Waals surface area (Å²) in [6.07, 6.45) is 2.72. The molecule has 1 fully saturated rings. The van der Waals surface area contributed by atoms with Crippen LogP contribution in [0, 0.1) is 5.41 Å². The maximum absolute atomic E-state index is 11.7. The monoisotopic (exact) mass is 227 g/mol. The lowest BCUT2D eigenvalue weighted by Crippen LogP contribution is -2.46. The molecule has 5 heteroatoms. The van der Waals surface area contributed by atoms with Crippen molar-refractivity contribution < 1.29 is 9.53 Å². The van der Waals surface area contributed by atoms with Crippen molar-refractivity contribution in [3.05, 3.63) is 0 Å². The van der Waals surface area contributed by atoms with Gasteiger partial charge in [0.05, 0.1) is 6.34 Å². The topological polar surface area (TPSA) is 65.4 Å². The maximum Gasteiger partial charge on any atom is 0.410 e. The average Bonchev–Trinajstić information content (AvgIpc) is 2.16. The summed E-state index contributed by atoms with van der Waals surface area (Å²) >= 11 is 0. The Morgan fingerprint density at radius 2 is 2.00 bits per heavy atom. The number of ether oxygens (including phenoxy) is 1. The number of rotatable bonds is 2. The number of amides is 1. The lowest BCUT2D eigenvalue weighted by molar-refractivity contribution is 0.0203. The highest BCUT2D eigenvalue weighted by molar-refractivity contribution is 5.68. The van der Waals surface area contributed by atoms with Gasteiger partial charge >= 0.3 is 6.09 Å². The van der Waals surface area contributed by atoms with Gasteiger partial charge in [0.1, 0.15) is 5.60 Å². The lowest BCUT2D eigenvalue weighted by atomic mass is 10.1. The van der Waals surface area contributed by atoms with Crippen LogP contribution in [0.25, 0.3) is 0 Å². The van der Waals surface area contributed by atoms with Gasteiger partial charge in [-0.2, -0.15) is 0 Å². The highest BCUT2D eigenvalue weighted by atomic mass is 16.6. The summed E-state index contributed by atoms with van der Waals surface area (Å²) in [4.78, 5) is 13.4. The molecule has 0 atom stereocenters. The molecular formula is C11H21N3O2. The summed E-state index contributed by atoms with van der Waals surface area (Å²) in [5.41, 5.74) is -0.429. The molecule has 5 nitrogen and oxygen atoms in total. The Labute approximate surface area is 96.7 Å². The van der Waals surface area contributed by atoms with Crippen LogP contribution in [0.15, 0.2) is 0 Å². The molecule has 0 radical (unpaired) electrons. The Hall–Kier alpha value is -1.26. The second-order valence-electron chi connectivity index (χ2n) is 5.05. The van der Waals surface area contributed by atoms with Crippen molar-refractivity contribution in [2.75, 3.05) is 13.1 Å². The SMILES string of the molecule is CC(C)(C)OC(=O)N1CCC(NC=N)CC1. The Bertz CT molecular complexity index is 252. The van der Waals surface area contributed by atoms with Gasteiger partial charge in [-0.05, 0) is 33.6 Å². The summed E-state index contributed by atoms with van der Waals surface area (Å²) in [5, 5.41) is 9.91. The molecule has 2 N–H and O–H groups in total. The number of hydrogen-bond acceptors (Lipinski definition) is 3. The first kappa shape index (κ1) is 12.8. The van der Waals surface area contributed by atoms with Crippen molar-refractivity contribution in [3.63, 3.8) is 0 Å². The first-order valence-electron chi connectivity index (χ1n) is 5.65. The minimum atomic E-state index is -0.429. The van der Waals surface area contributed by atoms with Crippen molar-refractivity contribution in [3.8, 4) is 0 Å². The molecule has 1 rings (SSSR count). The third-order valence-electron chi connectivity index (χ3n) is 2.47. The van der Waals surface area contributed by atoms with Gasteiger partial charge in [-0.25, -0.2) is 4.79 Å². The van der Waals surface area contributed by atoms with Crippen molar-refractivity contribution in [1.82, 2.24) is 10.2 Å². The van der Waals surface area contributed by atoms with E-state index in [9.17, 15) is 4.79 Å². The van der Waals surface area contributed by atoms with E-state index in [4.69, 9.17) is 10.1 Å². The quantitative estimate of drug-likeness (QED) is 0.556. The first-order chi connectivity index (χ1) is 7.42. The molecule has 1 aliphatic rings. The number of hydrogen-bond donors (Lipinski definition) is 2. The van der Waals surface area contributed by atoms with Gasteiger partial charge in [0.2, 0.25) is 0 Å². The number of carbonyl (C=O) groups is 1. The lowest BCUT2D eigenvalue weighted by Gasteiger charge is -2.33. The highest BCUT2D eigenvalue weighted by Crippen LogP contribution is 2.15. The van der Waals surface area contributed by atoms with Gasteiger partial charge < -0.3 is 15.0 Å². The molecule has 0 bridgehead atoms. The zero-order chi connectivity index (χ0) is 12.2.